The summed E-state index contributed by atoms with van der Waals surface area (Å²) in [4.78, 5) is 4.70. The summed E-state index contributed by atoms with van der Waals surface area (Å²) in [6.07, 6.45) is 3.90. The van der Waals surface area contributed by atoms with Gasteiger partial charge in [-0.3, -0.25) is 0 Å². The van der Waals surface area contributed by atoms with Gasteiger partial charge >= 0.3 is 90.5 Å². The van der Waals surface area contributed by atoms with Crippen LogP contribution in [0.3, 0.4) is 0 Å². The molecule has 0 saturated heterocycles. The Hall–Kier alpha value is 0.338. The van der Waals surface area contributed by atoms with Gasteiger partial charge in [0.25, 0.3) is 0 Å². The van der Waals surface area contributed by atoms with Gasteiger partial charge in [0.15, 0.2) is 0 Å². The molecule has 0 aliphatic heterocycles. The summed E-state index contributed by atoms with van der Waals surface area (Å²) in [5, 5.41) is 2.72. The average molecular weight is 894 g/mol. The van der Waals surface area contributed by atoms with Gasteiger partial charge in [-0.15, -0.1) is 6.58 Å². The quantitative estimate of drug-likeness (QED) is 0.0986. The molecule has 1 unspecified atom stereocenters. The summed E-state index contributed by atoms with van der Waals surface area (Å²) in [5.41, 5.74) is 4.19. The van der Waals surface area contributed by atoms with E-state index in [0.717, 1.165) is 28.6 Å². The van der Waals surface area contributed by atoms with Crippen molar-refractivity contribution in [2.45, 2.75) is 144 Å². The Morgan fingerprint density at radius 3 is 0.833 bits per heavy atom. The van der Waals surface area contributed by atoms with Crippen LogP contribution in [0, 0.1) is 17.8 Å². The van der Waals surface area contributed by atoms with Crippen LogP contribution in [0.15, 0.2) is 81.3 Å². The molecule has 1 atom stereocenters. The molecule has 0 saturated carbocycles. The van der Waals surface area contributed by atoms with Crippen LogP contribution in [0.1, 0.15) is 104 Å². The maximum Gasteiger partial charge on any atom is 0.110 e. The first-order valence-electron chi connectivity index (χ1n) is 17.9. The normalized spacial score (nSPS) is 9.71. The van der Waals surface area contributed by atoms with E-state index in [0.29, 0.717) is 5.92 Å². The van der Waals surface area contributed by atoms with Crippen LogP contribution in [-0.2, 0) is 0 Å². The Labute approximate surface area is 325 Å². The van der Waals surface area contributed by atoms with Crippen molar-refractivity contribution in [3.05, 3.63) is 81.3 Å². The third-order valence-corrected chi connectivity index (χ3v) is 22.7. The topological polar surface area (TPSA) is 0 Å². The van der Waals surface area contributed by atoms with Crippen LogP contribution >= 0.6 is 15.5 Å². The smallest absolute Gasteiger partial charge is 0.0625 e. The van der Waals surface area contributed by atoms with Gasteiger partial charge in [0.1, 0.15) is 5.66 Å². The van der Waals surface area contributed by atoms with Gasteiger partial charge in [0.05, 0.1) is 29.3 Å². The Morgan fingerprint density at radius 1 is 0.667 bits per heavy atom. The van der Waals surface area contributed by atoms with E-state index in [2.05, 4.69) is 190 Å². The molecular weight excluding hydrogens is 798 g/mol. The van der Waals surface area contributed by atoms with Gasteiger partial charge in [0, 0.05) is 0 Å². The second kappa shape index (κ2) is 43.5. The van der Waals surface area contributed by atoms with E-state index < -0.39 is 42.9 Å². The molecule has 0 aromatic heterocycles. The molecule has 0 amide bonds. The first kappa shape index (κ1) is 66.6. The SMILES string of the molecule is C=C(C)C(=C)C.C=C(C)C(C)C.C=C(C)P(C)C.C=C(C)[SiH](C)C.C=[C](C)[GeH]([CH3])[CH3].C=[C](C)[SnH]([CH3])[CH3].C=[P+](C)C(C)C.CC(C)C(C)C. The maximum atomic E-state index is 3.90. The van der Waals surface area contributed by atoms with E-state index in [1.54, 1.807) is 0 Å². The fourth-order valence-electron chi connectivity index (χ4n) is 0. The molecule has 0 radical (unpaired) electrons. The van der Waals surface area contributed by atoms with Crippen LogP contribution in [0.5, 0.6) is 0 Å². The summed E-state index contributed by atoms with van der Waals surface area (Å²) in [6.45, 7) is 69.6. The summed E-state index contributed by atoms with van der Waals surface area (Å²) in [6, 6.07) is 0. The predicted octanol–water partition coefficient (Wildman–Crippen LogP) is 15.6. The molecule has 5 heteroatoms. The number of allylic oxidation sites excluding steroid dienone is 7. The van der Waals surface area contributed by atoms with E-state index in [-0.39, 0.29) is 15.5 Å². The minimum absolute atomic E-state index is 0.0905. The third kappa shape index (κ3) is 91.1. The first-order valence-corrected chi connectivity index (χ1v) is 39.4. The first-order chi connectivity index (χ1) is 21.1. The van der Waals surface area contributed by atoms with E-state index in [4.69, 9.17) is 0 Å². The summed E-state index contributed by atoms with van der Waals surface area (Å²) in [7, 11) is -0.202. The van der Waals surface area contributed by atoms with Crippen molar-refractivity contribution in [2.75, 3.05) is 20.0 Å². The minimum Gasteiger partial charge on any atom is -0.0625 e. The Bertz CT molecular complexity index is 716. The van der Waals surface area contributed by atoms with Crippen molar-refractivity contribution < 1.29 is 0 Å². The van der Waals surface area contributed by atoms with Gasteiger partial charge in [0.2, 0.25) is 0 Å². The van der Waals surface area contributed by atoms with Crippen molar-refractivity contribution in [1.82, 2.24) is 0 Å². The number of hydrogen-bond donors (Lipinski definition) is 0. The molecule has 0 aromatic rings. The predicted molar refractivity (Wildman–Crippen MR) is 259 cm³/mol. The molecule has 48 heavy (non-hydrogen) atoms. The number of rotatable bonds is 8. The summed E-state index contributed by atoms with van der Waals surface area (Å²) in [5.74, 6) is 7.02. The van der Waals surface area contributed by atoms with E-state index in [1.807, 2.05) is 20.8 Å². The monoisotopic (exact) mass is 895 g/mol. The molecule has 0 aliphatic rings. The van der Waals surface area contributed by atoms with Crippen molar-refractivity contribution in [2.24, 2.45) is 17.8 Å². The van der Waals surface area contributed by atoms with Gasteiger partial charge < -0.3 is 0 Å². The van der Waals surface area contributed by atoms with Gasteiger partial charge in [-0.05, 0) is 79.5 Å². The molecule has 0 aromatic carbocycles. The van der Waals surface area contributed by atoms with Crippen molar-refractivity contribution in [3.63, 3.8) is 0 Å². The largest absolute Gasteiger partial charge is 0.110 e. The van der Waals surface area contributed by atoms with Crippen LogP contribution < -0.4 is 0 Å². The van der Waals surface area contributed by atoms with Crippen molar-refractivity contribution >= 4 is 64.7 Å². The van der Waals surface area contributed by atoms with Gasteiger partial charge in [-0.1, -0.05) is 116 Å². The fraction of sp³-hybridized carbons (Fsp3) is 0.651. The molecule has 0 rings (SSSR count). The second-order valence-electron chi connectivity index (χ2n) is 15.5. The minimum atomic E-state index is -0.999. The zero-order valence-electron chi connectivity index (χ0n) is 38.1. The Kier molecular flexibility index (Phi) is 60.3. The third-order valence-electron chi connectivity index (χ3n) is 7.65. The fourth-order valence-corrected chi connectivity index (χ4v) is 0. The Balaban J connectivity index is -0.0000000635. The molecule has 0 spiro atoms. The molecule has 0 nitrogen and oxygen atoms in total. The van der Waals surface area contributed by atoms with E-state index in [1.165, 1.54) is 24.1 Å². The molecule has 0 aliphatic carbocycles. The molecule has 0 heterocycles. The van der Waals surface area contributed by atoms with Gasteiger partial charge in [-0.2, -0.15) is 0 Å². The van der Waals surface area contributed by atoms with Crippen molar-refractivity contribution in [3.8, 4) is 0 Å². The maximum absolute atomic E-state index is 3.90. The molecular formula is C43H95GeP2SiSn+. The standard InChI is InChI=1S/C6H14.C6H12.C6H10.C5H12Ge.C5H12P.C5H11P.C5H12Si.C3H5.2CH3.Sn.H/c7*1-5(2)6(3)4;1-3-2;;;;/h5-6H,1-4H3;6H,1H2,2-4H3;1,3H2,2,4H3;6H,1H2,2-4H3;5H,3H2,1-2,4H3;1H2,2-4H3;6H,1H2,2-4H3;1H2,2H3;2*1H3;;/q;;;;+1;;;;;;;. The summed E-state index contributed by atoms with van der Waals surface area (Å²) >= 11 is -1.82. The van der Waals surface area contributed by atoms with Gasteiger partial charge in [-0.25, -0.2) is 0 Å². The van der Waals surface area contributed by atoms with Crippen molar-refractivity contribution in [1.29, 1.82) is 0 Å². The molecule has 288 valence electrons. The van der Waals surface area contributed by atoms with E-state index >= 15 is 0 Å². The zero-order valence-corrected chi connectivity index (χ0v) is 46.8. The van der Waals surface area contributed by atoms with Crippen LogP contribution in [0.25, 0.3) is 0 Å². The second-order valence-corrected chi connectivity index (χ2v) is 40.2. The van der Waals surface area contributed by atoms with E-state index in [9.17, 15) is 0 Å². The molecule has 0 bridgehead atoms. The zero-order chi connectivity index (χ0) is 41.2. The number of hydrogen-bond acceptors (Lipinski definition) is 0. The molecule has 0 N–H and O–H groups in total. The summed E-state index contributed by atoms with van der Waals surface area (Å²) < 4.78 is 2.92. The Morgan fingerprint density at radius 2 is 0.833 bits per heavy atom. The average Bonchev–Trinajstić information content (AvgIpc) is 2.90. The van der Waals surface area contributed by atoms with Crippen LogP contribution in [0.4, 0.5) is 0 Å². The van der Waals surface area contributed by atoms with Crippen LogP contribution in [0.2, 0.25) is 34.5 Å². The van der Waals surface area contributed by atoms with Crippen LogP contribution in [-0.4, -0.2) is 74.9 Å². The molecule has 0 fully saturated rings.